The van der Waals surface area contributed by atoms with Gasteiger partial charge in [-0.1, -0.05) is 6.07 Å². The summed E-state index contributed by atoms with van der Waals surface area (Å²) in [4.78, 5) is 26.4. The number of hydrogen-bond donors (Lipinski definition) is 3. The fraction of sp³-hybridized carbons (Fsp3) is 0.364. The van der Waals surface area contributed by atoms with Crippen LogP contribution in [0.2, 0.25) is 0 Å². The molecule has 3 N–H and O–H groups in total. The van der Waals surface area contributed by atoms with Crippen LogP contribution in [0.15, 0.2) is 53.4 Å². The van der Waals surface area contributed by atoms with Crippen LogP contribution in [-0.2, 0) is 19.6 Å². The van der Waals surface area contributed by atoms with E-state index in [2.05, 4.69) is 15.4 Å². The van der Waals surface area contributed by atoms with Crippen molar-refractivity contribution in [1.29, 1.82) is 0 Å². The smallest absolute Gasteiger partial charge is 0.246 e. The van der Waals surface area contributed by atoms with E-state index in [1.54, 1.807) is 37.8 Å². The van der Waals surface area contributed by atoms with Gasteiger partial charge in [0, 0.05) is 36.1 Å². The molecule has 8 nitrogen and oxygen atoms in total. The second kappa shape index (κ2) is 9.49. The van der Waals surface area contributed by atoms with Crippen molar-refractivity contribution in [3.63, 3.8) is 0 Å². The standard InChI is InChI=1S/C22H28N4O4S/c1-15(2)25-31(29,30)20-11-9-17(10-12-20)24-22(28)16(3)23-18-6-4-7-19(14-18)26-13-5-8-21(26)27/h4,6-7,9-12,14-16,23,25H,5,8,13H2,1-3H3,(H,24,28). The molecule has 0 aliphatic carbocycles. The minimum Gasteiger partial charge on any atom is -0.374 e. The topological polar surface area (TPSA) is 108 Å². The number of carbonyl (C=O) groups is 2. The molecule has 0 radical (unpaired) electrons. The van der Waals surface area contributed by atoms with Crippen LogP contribution in [-0.4, -0.2) is 38.9 Å². The lowest BCUT2D eigenvalue weighted by atomic mass is 10.2. The maximum Gasteiger partial charge on any atom is 0.246 e. The van der Waals surface area contributed by atoms with Gasteiger partial charge >= 0.3 is 0 Å². The molecule has 0 saturated carbocycles. The molecular weight excluding hydrogens is 416 g/mol. The number of nitrogens with one attached hydrogen (secondary N) is 3. The number of hydrogen-bond acceptors (Lipinski definition) is 5. The second-order valence-corrected chi connectivity index (χ2v) is 9.57. The summed E-state index contributed by atoms with van der Waals surface area (Å²) >= 11 is 0. The van der Waals surface area contributed by atoms with Crippen molar-refractivity contribution in [2.24, 2.45) is 0 Å². The number of sulfonamides is 1. The summed E-state index contributed by atoms with van der Waals surface area (Å²) in [5.74, 6) is -0.157. The van der Waals surface area contributed by atoms with E-state index in [0.717, 1.165) is 17.8 Å². The molecule has 31 heavy (non-hydrogen) atoms. The van der Waals surface area contributed by atoms with Crippen LogP contribution < -0.4 is 20.3 Å². The first-order valence-corrected chi connectivity index (χ1v) is 11.7. The first-order valence-electron chi connectivity index (χ1n) is 10.3. The Labute approximate surface area is 183 Å². The minimum atomic E-state index is -3.58. The molecule has 2 aromatic carbocycles. The fourth-order valence-electron chi connectivity index (χ4n) is 3.35. The Bertz CT molecular complexity index is 1050. The predicted octanol–water partition coefficient (Wildman–Crippen LogP) is 2.94. The van der Waals surface area contributed by atoms with E-state index in [4.69, 9.17) is 0 Å². The molecule has 1 aliphatic rings. The summed E-state index contributed by atoms with van der Waals surface area (Å²) in [5.41, 5.74) is 2.05. The number of rotatable bonds is 8. The van der Waals surface area contributed by atoms with Crippen molar-refractivity contribution in [2.45, 2.75) is 50.6 Å². The second-order valence-electron chi connectivity index (χ2n) is 7.85. The summed E-state index contributed by atoms with van der Waals surface area (Å²) in [5, 5.41) is 5.92. The first kappa shape index (κ1) is 22.8. The highest BCUT2D eigenvalue weighted by atomic mass is 32.2. The van der Waals surface area contributed by atoms with Crippen LogP contribution >= 0.6 is 0 Å². The maximum absolute atomic E-state index is 12.6. The van der Waals surface area contributed by atoms with Crippen LogP contribution in [0.25, 0.3) is 0 Å². The Kier molecular flexibility index (Phi) is 6.97. The zero-order valence-corrected chi connectivity index (χ0v) is 18.7. The van der Waals surface area contributed by atoms with Crippen LogP contribution in [0.3, 0.4) is 0 Å². The molecule has 1 heterocycles. The van der Waals surface area contributed by atoms with Crippen LogP contribution in [0.1, 0.15) is 33.6 Å². The van der Waals surface area contributed by atoms with Crippen molar-refractivity contribution >= 4 is 38.9 Å². The summed E-state index contributed by atoms with van der Waals surface area (Å²) in [6.07, 6.45) is 1.41. The van der Waals surface area contributed by atoms with Crippen molar-refractivity contribution in [2.75, 3.05) is 22.1 Å². The highest BCUT2D eigenvalue weighted by molar-refractivity contribution is 7.89. The Balaban J connectivity index is 1.61. The molecule has 1 fully saturated rings. The Morgan fingerprint density at radius 2 is 1.74 bits per heavy atom. The number of carbonyl (C=O) groups excluding carboxylic acids is 2. The van der Waals surface area contributed by atoms with Crippen molar-refractivity contribution in [3.05, 3.63) is 48.5 Å². The lowest BCUT2D eigenvalue weighted by Gasteiger charge is -2.19. The number of anilines is 3. The van der Waals surface area contributed by atoms with Gasteiger partial charge in [-0.25, -0.2) is 13.1 Å². The quantitative estimate of drug-likeness (QED) is 0.580. The average molecular weight is 445 g/mol. The molecule has 1 atom stereocenters. The maximum atomic E-state index is 12.6. The zero-order valence-electron chi connectivity index (χ0n) is 17.9. The molecule has 1 unspecified atom stereocenters. The average Bonchev–Trinajstić information content (AvgIpc) is 3.13. The van der Waals surface area contributed by atoms with Gasteiger partial charge in [0.1, 0.15) is 6.04 Å². The first-order chi connectivity index (χ1) is 14.7. The van der Waals surface area contributed by atoms with Gasteiger partial charge in [0.25, 0.3) is 0 Å². The molecule has 2 amide bonds. The SMILES string of the molecule is CC(C)NS(=O)(=O)c1ccc(NC(=O)C(C)Nc2cccc(N3CCCC3=O)c2)cc1. The van der Waals surface area contributed by atoms with Crippen LogP contribution in [0.4, 0.5) is 17.1 Å². The molecule has 1 aliphatic heterocycles. The van der Waals surface area contributed by atoms with Crippen LogP contribution in [0, 0.1) is 0 Å². The van der Waals surface area contributed by atoms with E-state index >= 15 is 0 Å². The van der Waals surface area contributed by atoms with Gasteiger partial charge in [-0.2, -0.15) is 0 Å². The summed E-state index contributed by atoms with van der Waals surface area (Å²) < 4.78 is 26.9. The van der Waals surface area contributed by atoms with Crippen molar-refractivity contribution in [3.8, 4) is 0 Å². The molecule has 3 rings (SSSR count). The lowest BCUT2D eigenvalue weighted by Crippen LogP contribution is -2.32. The van der Waals surface area contributed by atoms with Crippen molar-refractivity contribution < 1.29 is 18.0 Å². The highest BCUT2D eigenvalue weighted by Gasteiger charge is 2.22. The predicted molar refractivity (Wildman–Crippen MR) is 122 cm³/mol. The van der Waals surface area contributed by atoms with E-state index < -0.39 is 16.1 Å². The van der Waals surface area contributed by atoms with Gasteiger partial charge in [0.05, 0.1) is 4.90 Å². The molecule has 9 heteroatoms. The van der Waals surface area contributed by atoms with Gasteiger partial charge in [0.15, 0.2) is 0 Å². The summed E-state index contributed by atoms with van der Waals surface area (Å²) in [6.45, 7) is 5.93. The van der Waals surface area contributed by atoms with E-state index in [1.807, 2.05) is 24.3 Å². The third-order valence-electron chi connectivity index (χ3n) is 4.83. The van der Waals surface area contributed by atoms with Crippen LogP contribution in [0.5, 0.6) is 0 Å². The summed E-state index contributed by atoms with van der Waals surface area (Å²) in [7, 11) is -3.58. The molecule has 0 aromatic heterocycles. The number of amides is 2. The van der Waals surface area contributed by atoms with Gasteiger partial charge in [0.2, 0.25) is 21.8 Å². The van der Waals surface area contributed by atoms with Crippen molar-refractivity contribution in [1.82, 2.24) is 4.72 Å². The molecule has 0 spiro atoms. The fourth-order valence-corrected chi connectivity index (χ4v) is 4.60. The van der Waals surface area contributed by atoms with Gasteiger partial charge in [-0.15, -0.1) is 0 Å². The Morgan fingerprint density at radius 1 is 1.03 bits per heavy atom. The normalized spacial score (nSPS) is 15.2. The molecule has 2 aromatic rings. The van der Waals surface area contributed by atoms with E-state index in [9.17, 15) is 18.0 Å². The third-order valence-corrected chi connectivity index (χ3v) is 6.51. The van der Waals surface area contributed by atoms with Gasteiger partial charge in [-0.05, 0) is 69.7 Å². The number of benzene rings is 2. The monoisotopic (exact) mass is 444 g/mol. The number of nitrogens with zero attached hydrogens (tertiary/aromatic N) is 1. The zero-order chi connectivity index (χ0) is 22.6. The van der Waals surface area contributed by atoms with E-state index in [0.29, 0.717) is 18.7 Å². The minimum absolute atomic E-state index is 0.108. The van der Waals surface area contributed by atoms with Gasteiger partial charge in [-0.3, -0.25) is 9.59 Å². The Hall–Kier alpha value is -2.91. The summed E-state index contributed by atoms with van der Waals surface area (Å²) in [6, 6.07) is 12.7. The Morgan fingerprint density at radius 3 is 2.35 bits per heavy atom. The van der Waals surface area contributed by atoms with E-state index in [1.165, 1.54) is 12.1 Å². The molecule has 1 saturated heterocycles. The van der Waals surface area contributed by atoms with Gasteiger partial charge < -0.3 is 15.5 Å². The molecule has 166 valence electrons. The molecular formula is C22H28N4O4S. The molecule has 0 bridgehead atoms. The largest absolute Gasteiger partial charge is 0.374 e. The lowest BCUT2D eigenvalue weighted by molar-refractivity contribution is -0.117. The third kappa shape index (κ3) is 5.83. The van der Waals surface area contributed by atoms with E-state index in [-0.39, 0.29) is 22.8 Å². The highest BCUT2D eigenvalue weighted by Crippen LogP contribution is 2.24.